The summed E-state index contributed by atoms with van der Waals surface area (Å²) in [7, 11) is 0. The number of fused-ring (bicyclic) bond motifs is 1. The van der Waals surface area contributed by atoms with E-state index in [2.05, 4.69) is 28.6 Å². The standard InChI is InChI=1S/C20H16N4S2/c1-2-6-16-15(5-1)19(24-18(23-16)13-8-9-13)25-11-14-12-26-20(22-14)17-7-3-4-10-21-17/h1-7,10,12-13H,8-9,11H2. The molecule has 1 fully saturated rings. The quantitative estimate of drug-likeness (QED) is 0.349. The molecule has 3 aromatic heterocycles. The molecule has 0 radical (unpaired) electrons. The Bertz CT molecular complexity index is 1060. The second kappa shape index (κ2) is 6.78. The molecule has 4 nitrogen and oxygen atoms in total. The molecule has 0 atom stereocenters. The maximum absolute atomic E-state index is 4.86. The number of thioether (sulfide) groups is 1. The van der Waals surface area contributed by atoms with Crippen molar-refractivity contribution < 1.29 is 0 Å². The van der Waals surface area contributed by atoms with Gasteiger partial charge in [0.25, 0.3) is 0 Å². The van der Waals surface area contributed by atoms with Crippen LogP contribution in [-0.4, -0.2) is 19.9 Å². The van der Waals surface area contributed by atoms with E-state index in [0.717, 1.165) is 43.9 Å². The van der Waals surface area contributed by atoms with Gasteiger partial charge in [0.15, 0.2) is 0 Å². The van der Waals surface area contributed by atoms with Crippen molar-refractivity contribution in [1.29, 1.82) is 0 Å². The van der Waals surface area contributed by atoms with E-state index in [1.54, 1.807) is 29.3 Å². The number of rotatable bonds is 5. The molecule has 0 unspecified atom stereocenters. The lowest BCUT2D eigenvalue weighted by atomic mass is 10.2. The number of para-hydroxylation sites is 1. The van der Waals surface area contributed by atoms with Gasteiger partial charge in [0, 0.05) is 28.6 Å². The van der Waals surface area contributed by atoms with Crippen LogP contribution in [-0.2, 0) is 5.75 Å². The molecule has 1 aliphatic rings. The van der Waals surface area contributed by atoms with E-state index in [9.17, 15) is 0 Å². The lowest BCUT2D eigenvalue weighted by Gasteiger charge is -2.07. The number of pyridine rings is 1. The summed E-state index contributed by atoms with van der Waals surface area (Å²) in [6, 6.07) is 14.2. The van der Waals surface area contributed by atoms with Crippen molar-refractivity contribution in [2.45, 2.75) is 29.5 Å². The third-order valence-electron chi connectivity index (χ3n) is 4.32. The fraction of sp³-hybridized carbons (Fsp3) is 0.200. The minimum Gasteiger partial charge on any atom is -0.254 e. The summed E-state index contributed by atoms with van der Waals surface area (Å²) in [4.78, 5) is 18.7. The van der Waals surface area contributed by atoms with Crippen LogP contribution in [0, 0.1) is 0 Å². The Labute approximate surface area is 159 Å². The van der Waals surface area contributed by atoms with Crippen molar-refractivity contribution in [3.63, 3.8) is 0 Å². The molecule has 3 heterocycles. The van der Waals surface area contributed by atoms with Crippen LogP contribution in [0.25, 0.3) is 21.6 Å². The second-order valence-corrected chi connectivity index (χ2v) is 8.15. The second-order valence-electron chi connectivity index (χ2n) is 6.33. The molecule has 1 aliphatic carbocycles. The highest BCUT2D eigenvalue weighted by Crippen LogP contribution is 2.40. The van der Waals surface area contributed by atoms with Gasteiger partial charge in [0.05, 0.1) is 16.9 Å². The van der Waals surface area contributed by atoms with Gasteiger partial charge < -0.3 is 0 Å². The zero-order valence-electron chi connectivity index (χ0n) is 14.0. The first-order chi connectivity index (χ1) is 12.9. The maximum atomic E-state index is 4.86. The highest BCUT2D eigenvalue weighted by atomic mass is 32.2. The van der Waals surface area contributed by atoms with Crippen molar-refractivity contribution >= 4 is 34.0 Å². The molecule has 1 saturated carbocycles. The number of nitrogens with zero attached hydrogens (tertiary/aromatic N) is 4. The lowest BCUT2D eigenvalue weighted by Crippen LogP contribution is -1.96. The average molecular weight is 377 g/mol. The minimum atomic E-state index is 0.550. The Balaban J connectivity index is 1.41. The predicted octanol–water partition coefficient (Wildman–Crippen LogP) is 5.32. The molecule has 128 valence electrons. The van der Waals surface area contributed by atoms with Crippen LogP contribution in [0.4, 0.5) is 0 Å². The zero-order valence-corrected chi connectivity index (χ0v) is 15.6. The molecule has 0 aliphatic heterocycles. The van der Waals surface area contributed by atoms with Gasteiger partial charge in [-0.1, -0.05) is 36.0 Å². The van der Waals surface area contributed by atoms with Crippen molar-refractivity contribution in [3.05, 3.63) is 65.6 Å². The maximum Gasteiger partial charge on any atom is 0.142 e. The van der Waals surface area contributed by atoms with E-state index in [4.69, 9.17) is 15.0 Å². The van der Waals surface area contributed by atoms with Crippen LogP contribution >= 0.6 is 23.1 Å². The fourth-order valence-electron chi connectivity index (χ4n) is 2.82. The van der Waals surface area contributed by atoms with Crippen LogP contribution in [0.3, 0.4) is 0 Å². The summed E-state index contributed by atoms with van der Waals surface area (Å²) >= 11 is 3.38. The summed E-state index contributed by atoms with van der Waals surface area (Å²) in [5, 5.41) is 5.27. The summed E-state index contributed by atoms with van der Waals surface area (Å²) in [5.74, 6) is 2.35. The van der Waals surface area contributed by atoms with Crippen molar-refractivity contribution in [3.8, 4) is 10.7 Å². The van der Waals surface area contributed by atoms with Gasteiger partial charge in [-0.05, 0) is 31.0 Å². The molecular weight excluding hydrogens is 360 g/mol. The Kier molecular flexibility index (Phi) is 4.15. The monoisotopic (exact) mass is 376 g/mol. The van der Waals surface area contributed by atoms with Gasteiger partial charge in [-0.2, -0.15) is 0 Å². The zero-order chi connectivity index (χ0) is 17.3. The number of aromatic nitrogens is 4. The average Bonchev–Trinajstić information content (AvgIpc) is 3.44. The predicted molar refractivity (Wildman–Crippen MR) is 106 cm³/mol. The van der Waals surface area contributed by atoms with E-state index in [-0.39, 0.29) is 0 Å². The highest BCUT2D eigenvalue weighted by Gasteiger charge is 2.27. The van der Waals surface area contributed by atoms with Crippen molar-refractivity contribution in [2.75, 3.05) is 0 Å². The van der Waals surface area contributed by atoms with E-state index in [0.29, 0.717) is 5.92 Å². The SMILES string of the molecule is c1ccc(-c2nc(CSc3nc(C4CC4)nc4ccccc34)cs2)nc1. The van der Waals surface area contributed by atoms with E-state index in [1.807, 2.05) is 24.3 Å². The molecule has 6 heteroatoms. The summed E-state index contributed by atoms with van der Waals surface area (Å²) in [5.41, 5.74) is 3.04. The van der Waals surface area contributed by atoms with Crippen LogP contribution in [0.5, 0.6) is 0 Å². The minimum absolute atomic E-state index is 0.550. The molecule has 1 aromatic carbocycles. The Morgan fingerprint density at radius 2 is 1.88 bits per heavy atom. The van der Waals surface area contributed by atoms with Gasteiger partial charge in [0.2, 0.25) is 0 Å². The number of thiazole rings is 1. The number of benzene rings is 1. The largest absolute Gasteiger partial charge is 0.254 e. The molecular formula is C20H16N4S2. The topological polar surface area (TPSA) is 51.6 Å². The molecule has 26 heavy (non-hydrogen) atoms. The summed E-state index contributed by atoms with van der Waals surface area (Å²) in [6.07, 6.45) is 4.22. The molecule has 0 spiro atoms. The highest BCUT2D eigenvalue weighted by molar-refractivity contribution is 7.98. The first-order valence-corrected chi connectivity index (χ1v) is 10.5. The molecule has 0 bridgehead atoms. The van der Waals surface area contributed by atoms with Gasteiger partial charge in [0.1, 0.15) is 15.9 Å². The molecule has 0 saturated heterocycles. The summed E-state index contributed by atoms with van der Waals surface area (Å²) < 4.78 is 0. The van der Waals surface area contributed by atoms with E-state index >= 15 is 0 Å². The molecule has 0 N–H and O–H groups in total. The van der Waals surface area contributed by atoms with E-state index in [1.165, 1.54) is 12.8 Å². The van der Waals surface area contributed by atoms with Crippen LogP contribution < -0.4 is 0 Å². The fourth-order valence-corrected chi connectivity index (χ4v) is 4.64. The van der Waals surface area contributed by atoms with Crippen LogP contribution in [0.2, 0.25) is 0 Å². The normalized spacial score (nSPS) is 14.0. The third kappa shape index (κ3) is 3.22. The smallest absolute Gasteiger partial charge is 0.142 e. The van der Waals surface area contributed by atoms with Crippen molar-refractivity contribution in [1.82, 2.24) is 19.9 Å². The Hall–Kier alpha value is -2.31. The first kappa shape index (κ1) is 15.9. The molecule has 4 aromatic rings. The molecule has 0 amide bonds. The number of hydrogen-bond acceptors (Lipinski definition) is 6. The lowest BCUT2D eigenvalue weighted by molar-refractivity contribution is 0.904. The van der Waals surface area contributed by atoms with Gasteiger partial charge in [-0.3, -0.25) is 4.98 Å². The van der Waals surface area contributed by atoms with Gasteiger partial charge >= 0.3 is 0 Å². The first-order valence-electron chi connectivity index (χ1n) is 8.62. The third-order valence-corrected chi connectivity index (χ3v) is 6.26. The van der Waals surface area contributed by atoms with Crippen molar-refractivity contribution in [2.24, 2.45) is 0 Å². The number of hydrogen-bond donors (Lipinski definition) is 0. The summed E-state index contributed by atoms with van der Waals surface area (Å²) in [6.45, 7) is 0. The Morgan fingerprint density at radius 1 is 1.00 bits per heavy atom. The van der Waals surface area contributed by atoms with E-state index < -0.39 is 0 Å². The van der Waals surface area contributed by atoms with Gasteiger partial charge in [-0.15, -0.1) is 11.3 Å². The van der Waals surface area contributed by atoms with Crippen LogP contribution in [0.1, 0.15) is 30.3 Å². The van der Waals surface area contributed by atoms with Crippen LogP contribution in [0.15, 0.2) is 59.1 Å². The van der Waals surface area contributed by atoms with Gasteiger partial charge in [-0.25, -0.2) is 15.0 Å². The Morgan fingerprint density at radius 3 is 2.73 bits per heavy atom. The molecule has 5 rings (SSSR count).